The Morgan fingerprint density at radius 3 is 2.16 bits per heavy atom. The lowest BCUT2D eigenvalue weighted by Gasteiger charge is -1.99. The Labute approximate surface area is 122 Å². The highest BCUT2D eigenvalue weighted by atomic mass is 35.5. The fourth-order valence-electron chi connectivity index (χ4n) is 1.64. The quantitative estimate of drug-likeness (QED) is 0.561. The number of allylic oxidation sites excluding steroid dienone is 1. The first-order chi connectivity index (χ1) is 9.04. The van der Waals surface area contributed by atoms with Gasteiger partial charge >= 0.3 is 0 Å². The molecule has 1 nitrogen and oxygen atoms in total. The third kappa shape index (κ3) is 3.95. The molecule has 19 heavy (non-hydrogen) atoms. The Morgan fingerprint density at radius 1 is 1.00 bits per heavy atom. The fraction of sp³-hybridized carbons (Fsp3) is 0.0625. The zero-order valence-corrected chi connectivity index (χ0v) is 11.9. The van der Waals surface area contributed by atoms with E-state index in [-0.39, 0.29) is 5.78 Å². The van der Waals surface area contributed by atoms with Gasteiger partial charge in [0.2, 0.25) is 0 Å². The second-order valence-electron chi connectivity index (χ2n) is 4.27. The number of ketones is 1. The van der Waals surface area contributed by atoms with E-state index in [0.29, 0.717) is 15.6 Å². The van der Waals surface area contributed by atoms with Crippen LogP contribution in [0.3, 0.4) is 0 Å². The lowest BCUT2D eigenvalue weighted by atomic mass is 10.1. The molecule has 2 aromatic carbocycles. The molecule has 0 N–H and O–H groups in total. The smallest absolute Gasteiger partial charge is 0.185 e. The first kappa shape index (κ1) is 13.9. The molecule has 2 rings (SSSR count). The van der Waals surface area contributed by atoms with E-state index in [1.54, 1.807) is 24.3 Å². The van der Waals surface area contributed by atoms with Crippen LogP contribution in [0.1, 0.15) is 21.5 Å². The first-order valence-electron chi connectivity index (χ1n) is 5.80. The molecule has 0 saturated carbocycles. The summed E-state index contributed by atoms with van der Waals surface area (Å²) in [6, 6.07) is 12.7. The zero-order chi connectivity index (χ0) is 13.8. The van der Waals surface area contributed by atoms with Crippen LogP contribution >= 0.6 is 23.2 Å². The molecule has 2 aromatic rings. The summed E-state index contributed by atoms with van der Waals surface area (Å²) >= 11 is 11.7. The Bertz CT molecular complexity index is 607. The molecule has 0 unspecified atom stereocenters. The molecular weight excluding hydrogens is 279 g/mol. The highest BCUT2D eigenvalue weighted by Gasteiger charge is 2.04. The highest BCUT2D eigenvalue weighted by Crippen LogP contribution is 2.19. The molecule has 0 aliphatic heterocycles. The molecule has 96 valence electrons. The summed E-state index contributed by atoms with van der Waals surface area (Å²) in [5, 5.41) is 0.916. The third-order valence-corrected chi connectivity index (χ3v) is 3.09. The second-order valence-corrected chi connectivity index (χ2v) is 5.14. The van der Waals surface area contributed by atoms with Crippen LogP contribution in [0, 0.1) is 6.92 Å². The molecule has 0 aromatic heterocycles. The van der Waals surface area contributed by atoms with Crippen LogP contribution in [0.4, 0.5) is 0 Å². The van der Waals surface area contributed by atoms with Crippen LogP contribution in [0.5, 0.6) is 0 Å². The molecule has 0 bridgehead atoms. The largest absolute Gasteiger partial charge is 0.289 e. The van der Waals surface area contributed by atoms with Crippen molar-refractivity contribution in [2.75, 3.05) is 0 Å². The summed E-state index contributed by atoms with van der Waals surface area (Å²) in [5.74, 6) is -0.120. The van der Waals surface area contributed by atoms with Crippen molar-refractivity contribution in [1.82, 2.24) is 0 Å². The van der Waals surface area contributed by atoms with Crippen molar-refractivity contribution in [3.8, 4) is 0 Å². The summed E-state index contributed by atoms with van der Waals surface area (Å²) in [7, 11) is 0. The van der Waals surface area contributed by atoms with Gasteiger partial charge in [0.15, 0.2) is 5.78 Å². The van der Waals surface area contributed by atoms with Crippen molar-refractivity contribution in [2.24, 2.45) is 0 Å². The number of rotatable bonds is 3. The van der Waals surface area contributed by atoms with E-state index in [1.165, 1.54) is 11.6 Å². The van der Waals surface area contributed by atoms with Gasteiger partial charge in [0.1, 0.15) is 0 Å². The monoisotopic (exact) mass is 290 g/mol. The second kappa shape index (κ2) is 6.05. The van der Waals surface area contributed by atoms with Gasteiger partial charge in [-0.3, -0.25) is 4.79 Å². The topological polar surface area (TPSA) is 17.1 Å². The number of aryl methyl sites for hydroxylation is 1. The van der Waals surface area contributed by atoms with Gasteiger partial charge in [-0.25, -0.2) is 0 Å². The summed E-state index contributed by atoms with van der Waals surface area (Å²) in [5.41, 5.74) is 2.65. The van der Waals surface area contributed by atoms with Gasteiger partial charge in [-0.05, 0) is 36.8 Å². The molecule has 0 aliphatic rings. The third-order valence-electron chi connectivity index (χ3n) is 2.65. The Morgan fingerprint density at radius 2 is 1.58 bits per heavy atom. The van der Waals surface area contributed by atoms with E-state index in [9.17, 15) is 4.79 Å². The minimum atomic E-state index is -0.120. The molecule has 0 aliphatic carbocycles. The van der Waals surface area contributed by atoms with Crippen LogP contribution in [-0.4, -0.2) is 5.78 Å². The number of benzene rings is 2. The van der Waals surface area contributed by atoms with E-state index in [4.69, 9.17) is 23.2 Å². The van der Waals surface area contributed by atoms with Gasteiger partial charge in [0.25, 0.3) is 0 Å². The summed E-state index contributed by atoms with van der Waals surface area (Å²) < 4.78 is 0. The number of hydrogen-bond acceptors (Lipinski definition) is 1. The lowest BCUT2D eigenvalue weighted by Crippen LogP contribution is -1.94. The molecule has 0 heterocycles. The normalized spacial score (nSPS) is 10.9. The molecule has 0 amide bonds. The Balaban J connectivity index is 2.18. The van der Waals surface area contributed by atoms with Gasteiger partial charge in [-0.2, -0.15) is 0 Å². The van der Waals surface area contributed by atoms with Crippen LogP contribution in [0.15, 0.2) is 48.5 Å². The average Bonchev–Trinajstić information content (AvgIpc) is 2.36. The first-order valence-corrected chi connectivity index (χ1v) is 6.55. The summed E-state index contributed by atoms with van der Waals surface area (Å²) in [4.78, 5) is 12.0. The number of carbonyl (C=O) groups is 1. The maximum atomic E-state index is 12.0. The van der Waals surface area contributed by atoms with Gasteiger partial charge in [-0.1, -0.05) is 59.1 Å². The average molecular weight is 291 g/mol. The van der Waals surface area contributed by atoms with Crippen molar-refractivity contribution in [2.45, 2.75) is 6.92 Å². The molecule has 0 spiro atoms. The van der Waals surface area contributed by atoms with Crippen LogP contribution in [0.25, 0.3) is 6.08 Å². The number of hydrogen-bond donors (Lipinski definition) is 0. The van der Waals surface area contributed by atoms with Crippen molar-refractivity contribution in [1.29, 1.82) is 0 Å². The minimum absolute atomic E-state index is 0.120. The van der Waals surface area contributed by atoms with Crippen LogP contribution in [0.2, 0.25) is 10.0 Å². The molecule has 3 heteroatoms. The van der Waals surface area contributed by atoms with E-state index >= 15 is 0 Å². The van der Waals surface area contributed by atoms with Crippen molar-refractivity contribution in [3.05, 3.63) is 75.3 Å². The zero-order valence-electron chi connectivity index (χ0n) is 10.4. The predicted molar refractivity (Wildman–Crippen MR) is 81.0 cm³/mol. The number of halogens is 2. The maximum absolute atomic E-state index is 12.0. The summed E-state index contributed by atoms with van der Waals surface area (Å²) in [6.07, 6.45) is 3.29. The van der Waals surface area contributed by atoms with Crippen molar-refractivity contribution in [3.63, 3.8) is 0 Å². The fourth-order valence-corrected chi connectivity index (χ4v) is 2.17. The molecule has 0 fully saturated rings. The van der Waals surface area contributed by atoms with E-state index < -0.39 is 0 Å². The van der Waals surface area contributed by atoms with Crippen molar-refractivity contribution < 1.29 is 4.79 Å². The van der Waals surface area contributed by atoms with E-state index in [1.807, 2.05) is 31.2 Å². The Kier molecular flexibility index (Phi) is 4.41. The van der Waals surface area contributed by atoms with Crippen molar-refractivity contribution >= 4 is 35.1 Å². The minimum Gasteiger partial charge on any atom is -0.289 e. The molecule has 0 saturated heterocycles. The standard InChI is InChI=1S/C16H12Cl2O/c1-11-2-4-12(5-3-11)6-7-16(19)13-8-14(17)10-15(18)9-13/h2-10H,1H3. The van der Waals surface area contributed by atoms with E-state index in [0.717, 1.165) is 5.56 Å². The van der Waals surface area contributed by atoms with Gasteiger partial charge in [-0.15, -0.1) is 0 Å². The molecule has 0 atom stereocenters. The maximum Gasteiger partial charge on any atom is 0.185 e. The van der Waals surface area contributed by atoms with Gasteiger partial charge in [0, 0.05) is 15.6 Å². The highest BCUT2D eigenvalue weighted by molar-refractivity contribution is 6.35. The van der Waals surface area contributed by atoms with Crippen LogP contribution < -0.4 is 0 Å². The molecular formula is C16H12Cl2O. The Hall–Kier alpha value is -1.57. The van der Waals surface area contributed by atoms with E-state index in [2.05, 4.69) is 0 Å². The summed E-state index contributed by atoms with van der Waals surface area (Å²) in [6.45, 7) is 2.02. The SMILES string of the molecule is Cc1ccc(C=CC(=O)c2cc(Cl)cc(Cl)c2)cc1. The lowest BCUT2D eigenvalue weighted by molar-refractivity contribution is 0.104. The number of carbonyl (C=O) groups excluding carboxylic acids is 1. The molecule has 0 radical (unpaired) electrons. The predicted octanol–water partition coefficient (Wildman–Crippen LogP) is 5.20. The van der Waals surface area contributed by atoms with Crippen LogP contribution in [-0.2, 0) is 0 Å². The van der Waals surface area contributed by atoms with Gasteiger partial charge < -0.3 is 0 Å². The van der Waals surface area contributed by atoms with Gasteiger partial charge in [0.05, 0.1) is 0 Å².